The van der Waals surface area contributed by atoms with Crippen molar-refractivity contribution in [3.8, 4) is 5.75 Å². The van der Waals surface area contributed by atoms with E-state index in [4.69, 9.17) is 4.74 Å². The van der Waals surface area contributed by atoms with E-state index in [1.54, 1.807) is 11.8 Å². The molecule has 0 saturated heterocycles. The second-order valence-corrected chi connectivity index (χ2v) is 7.12. The molecular formula is C20H25NO2S. The van der Waals surface area contributed by atoms with Crippen LogP contribution in [0.25, 0.3) is 0 Å². The van der Waals surface area contributed by atoms with Gasteiger partial charge in [-0.3, -0.25) is 4.79 Å². The summed E-state index contributed by atoms with van der Waals surface area (Å²) in [5.41, 5.74) is 2.35. The molecule has 2 aromatic carbocycles. The summed E-state index contributed by atoms with van der Waals surface area (Å²) >= 11 is 1.70. The van der Waals surface area contributed by atoms with Gasteiger partial charge < -0.3 is 10.1 Å². The Labute approximate surface area is 148 Å². The molecule has 3 nitrogen and oxygen atoms in total. The molecule has 2 aromatic rings. The number of amides is 1. The molecule has 4 heteroatoms. The molecule has 128 valence electrons. The normalized spacial score (nSPS) is 11.8. The van der Waals surface area contributed by atoms with Gasteiger partial charge >= 0.3 is 0 Å². The lowest BCUT2D eigenvalue weighted by atomic mass is 10.2. The first-order valence-electron chi connectivity index (χ1n) is 8.22. The Morgan fingerprint density at radius 3 is 2.54 bits per heavy atom. The van der Waals surface area contributed by atoms with Crippen molar-refractivity contribution in [1.29, 1.82) is 0 Å². The number of carbonyl (C=O) groups is 1. The average molecular weight is 343 g/mol. The van der Waals surface area contributed by atoms with Crippen molar-refractivity contribution in [3.05, 3.63) is 59.7 Å². The second kappa shape index (κ2) is 9.38. The number of ether oxygens (including phenoxy) is 1. The Kier molecular flexibility index (Phi) is 7.19. The largest absolute Gasteiger partial charge is 0.491 e. The van der Waals surface area contributed by atoms with Crippen LogP contribution in [0.4, 0.5) is 0 Å². The lowest BCUT2D eigenvalue weighted by Gasteiger charge is -2.16. The van der Waals surface area contributed by atoms with E-state index < -0.39 is 0 Å². The molecule has 0 aliphatic heterocycles. The summed E-state index contributed by atoms with van der Waals surface area (Å²) in [5.74, 6) is 1.71. The average Bonchev–Trinajstić information content (AvgIpc) is 2.56. The molecule has 1 atom stereocenters. The maximum absolute atomic E-state index is 12.0. The van der Waals surface area contributed by atoms with Gasteiger partial charge in [0.15, 0.2) is 0 Å². The third kappa shape index (κ3) is 6.28. The van der Waals surface area contributed by atoms with E-state index in [2.05, 4.69) is 36.5 Å². The van der Waals surface area contributed by atoms with Crippen LogP contribution in [0, 0.1) is 13.8 Å². The summed E-state index contributed by atoms with van der Waals surface area (Å²) in [7, 11) is 0. The molecule has 0 spiro atoms. The number of carbonyl (C=O) groups excluding carboxylic acids is 1. The maximum Gasteiger partial charge on any atom is 0.221 e. The van der Waals surface area contributed by atoms with Crippen LogP contribution in [-0.2, 0) is 4.79 Å². The van der Waals surface area contributed by atoms with Crippen molar-refractivity contribution < 1.29 is 9.53 Å². The van der Waals surface area contributed by atoms with Crippen molar-refractivity contribution in [2.24, 2.45) is 0 Å². The zero-order valence-electron chi connectivity index (χ0n) is 14.5. The Balaban J connectivity index is 1.66. The Morgan fingerprint density at radius 1 is 1.12 bits per heavy atom. The molecule has 1 amide bonds. The molecule has 0 bridgehead atoms. The van der Waals surface area contributed by atoms with Crippen LogP contribution in [-0.4, -0.2) is 24.3 Å². The highest BCUT2D eigenvalue weighted by molar-refractivity contribution is 7.99. The lowest BCUT2D eigenvalue weighted by Crippen LogP contribution is -2.37. The van der Waals surface area contributed by atoms with Gasteiger partial charge in [0.1, 0.15) is 12.4 Å². The minimum Gasteiger partial charge on any atom is -0.491 e. The van der Waals surface area contributed by atoms with Gasteiger partial charge in [0.05, 0.1) is 6.04 Å². The van der Waals surface area contributed by atoms with E-state index in [0.29, 0.717) is 13.0 Å². The summed E-state index contributed by atoms with van der Waals surface area (Å²) in [6, 6.07) is 16.3. The predicted molar refractivity (Wildman–Crippen MR) is 101 cm³/mol. The monoisotopic (exact) mass is 343 g/mol. The molecule has 0 radical (unpaired) electrons. The molecule has 24 heavy (non-hydrogen) atoms. The van der Waals surface area contributed by atoms with E-state index in [-0.39, 0.29) is 11.9 Å². The van der Waals surface area contributed by atoms with Crippen LogP contribution in [0.1, 0.15) is 24.5 Å². The van der Waals surface area contributed by atoms with Crippen molar-refractivity contribution in [2.45, 2.75) is 38.1 Å². The summed E-state index contributed by atoms with van der Waals surface area (Å²) < 4.78 is 5.76. The first-order chi connectivity index (χ1) is 11.5. The van der Waals surface area contributed by atoms with E-state index in [1.165, 1.54) is 10.5 Å². The minimum absolute atomic E-state index is 0.0125. The number of nitrogens with one attached hydrogen (secondary N) is 1. The maximum atomic E-state index is 12.0. The Bertz CT molecular complexity index is 655. The summed E-state index contributed by atoms with van der Waals surface area (Å²) in [6.45, 7) is 6.52. The van der Waals surface area contributed by atoms with E-state index in [1.807, 2.05) is 38.1 Å². The quantitative estimate of drug-likeness (QED) is 0.723. The number of benzene rings is 2. The second-order valence-electron chi connectivity index (χ2n) is 5.96. The van der Waals surface area contributed by atoms with Crippen LogP contribution >= 0.6 is 11.8 Å². The van der Waals surface area contributed by atoms with Gasteiger partial charge in [0.2, 0.25) is 5.91 Å². The SMILES string of the molecule is Cc1ccc(SCCC(=O)N[C@@H](C)COc2ccccc2C)cc1. The third-order valence-corrected chi connectivity index (χ3v) is 4.62. The zero-order chi connectivity index (χ0) is 17.4. The van der Waals surface area contributed by atoms with Gasteiger partial charge in [-0.25, -0.2) is 0 Å². The van der Waals surface area contributed by atoms with Crippen LogP contribution in [0.15, 0.2) is 53.4 Å². The number of thioether (sulfide) groups is 1. The molecule has 0 unspecified atom stereocenters. The van der Waals surface area contributed by atoms with E-state index in [9.17, 15) is 4.79 Å². The molecular weight excluding hydrogens is 318 g/mol. The van der Waals surface area contributed by atoms with Crippen molar-refractivity contribution in [2.75, 3.05) is 12.4 Å². The molecule has 0 fully saturated rings. The molecule has 1 N–H and O–H groups in total. The fraction of sp³-hybridized carbons (Fsp3) is 0.350. The van der Waals surface area contributed by atoms with Crippen LogP contribution in [0.5, 0.6) is 5.75 Å². The molecule has 0 aliphatic carbocycles. The highest BCUT2D eigenvalue weighted by atomic mass is 32.2. The standard InChI is InChI=1S/C20H25NO2S/c1-15-8-10-18(11-9-15)24-13-12-20(22)21-17(3)14-23-19-7-5-4-6-16(19)2/h4-11,17H,12-14H2,1-3H3,(H,21,22)/t17-/m0/s1. The van der Waals surface area contributed by atoms with Gasteiger partial charge in [0.25, 0.3) is 0 Å². The van der Waals surface area contributed by atoms with Crippen molar-refractivity contribution in [1.82, 2.24) is 5.32 Å². The molecule has 0 heterocycles. The molecule has 0 aromatic heterocycles. The number of rotatable bonds is 8. The third-order valence-electron chi connectivity index (χ3n) is 3.61. The Morgan fingerprint density at radius 2 is 1.83 bits per heavy atom. The van der Waals surface area contributed by atoms with Gasteiger partial charge in [-0.05, 0) is 44.5 Å². The Hall–Kier alpha value is -1.94. The lowest BCUT2D eigenvalue weighted by molar-refractivity contribution is -0.121. The summed E-state index contributed by atoms with van der Waals surface area (Å²) in [6.07, 6.45) is 0.507. The predicted octanol–water partition coefficient (Wildman–Crippen LogP) is 4.37. The molecule has 2 rings (SSSR count). The number of hydrogen-bond acceptors (Lipinski definition) is 3. The number of hydrogen-bond donors (Lipinski definition) is 1. The zero-order valence-corrected chi connectivity index (χ0v) is 15.4. The van der Waals surface area contributed by atoms with E-state index in [0.717, 1.165) is 17.1 Å². The highest BCUT2D eigenvalue weighted by Crippen LogP contribution is 2.19. The highest BCUT2D eigenvalue weighted by Gasteiger charge is 2.09. The fourth-order valence-electron chi connectivity index (χ4n) is 2.22. The first kappa shape index (κ1) is 18.4. The van der Waals surface area contributed by atoms with Gasteiger partial charge in [-0.2, -0.15) is 0 Å². The molecule has 0 aliphatic rings. The smallest absolute Gasteiger partial charge is 0.221 e. The van der Waals surface area contributed by atoms with Crippen LogP contribution < -0.4 is 10.1 Å². The van der Waals surface area contributed by atoms with Crippen LogP contribution in [0.3, 0.4) is 0 Å². The van der Waals surface area contributed by atoms with Crippen LogP contribution in [0.2, 0.25) is 0 Å². The summed E-state index contributed by atoms with van der Waals surface area (Å²) in [5, 5.41) is 2.99. The number of aryl methyl sites for hydroxylation is 2. The molecule has 0 saturated carbocycles. The van der Waals surface area contributed by atoms with Gasteiger partial charge in [0, 0.05) is 17.1 Å². The van der Waals surface area contributed by atoms with Gasteiger partial charge in [-0.1, -0.05) is 35.9 Å². The topological polar surface area (TPSA) is 38.3 Å². The summed E-state index contributed by atoms with van der Waals surface area (Å²) in [4.78, 5) is 13.2. The first-order valence-corrected chi connectivity index (χ1v) is 9.20. The van der Waals surface area contributed by atoms with E-state index >= 15 is 0 Å². The minimum atomic E-state index is -0.0125. The van der Waals surface area contributed by atoms with Crippen molar-refractivity contribution >= 4 is 17.7 Å². The van der Waals surface area contributed by atoms with Gasteiger partial charge in [-0.15, -0.1) is 11.8 Å². The number of para-hydroxylation sites is 1. The van der Waals surface area contributed by atoms with Crippen molar-refractivity contribution in [3.63, 3.8) is 0 Å². The fourth-order valence-corrected chi connectivity index (χ4v) is 3.07.